The highest BCUT2D eigenvalue weighted by molar-refractivity contribution is 6.31. The van der Waals surface area contributed by atoms with Crippen molar-refractivity contribution in [2.45, 2.75) is 18.6 Å². The Kier molecular flexibility index (Phi) is 4.58. The molecule has 1 N–H and O–H groups in total. The van der Waals surface area contributed by atoms with Crippen molar-refractivity contribution in [3.63, 3.8) is 0 Å². The zero-order valence-electron chi connectivity index (χ0n) is 15.8. The minimum atomic E-state index is -4.59. The summed E-state index contributed by atoms with van der Waals surface area (Å²) in [6.07, 6.45) is 0.0935. The van der Waals surface area contributed by atoms with Gasteiger partial charge in [0.2, 0.25) is 5.95 Å². The van der Waals surface area contributed by atoms with Crippen molar-refractivity contribution in [3.8, 4) is 0 Å². The molecular formula is C21H14ClF4N5. The molecule has 1 aromatic carbocycles. The fourth-order valence-electron chi connectivity index (χ4n) is 4.06. The molecule has 0 bridgehead atoms. The molecule has 5 nitrogen and oxygen atoms in total. The maximum absolute atomic E-state index is 14.8. The molecule has 158 valence electrons. The maximum atomic E-state index is 14.8. The quantitative estimate of drug-likeness (QED) is 0.423. The zero-order chi connectivity index (χ0) is 21.8. The zero-order valence-corrected chi connectivity index (χ0v) is 16.5. The summed E-state index contributed by atoms with van der Waals surface area (Å²) in [5, 5.41) is 0.400. The van der Waals surface area contributed by atoms with Crippen molar-refractivity contribution in [3.05, 3.63) is 82.3 Å². The van der Waals surface area contributed by atoms with Crippen LogP contribution in [-0.2, 0) is 12.6 Å². The van der Waals surface area contributed by atoms with Crippen LogP contribution in [0.3, 0.4) is 0 Å². The number of pyridine rings is 1. The molecule has 0 saturated heterocycles. The van der Waals surface area contributed by atoms with Crippen LogP contribution in [0.2, 0.25) is 5.02 Å². The summed E-state index contributed by atoms with van der Waals surface area (Å²) >= 11 is 5.99. The molecule has 0 saturated carbocycles. The molecule has 0 aliphatic carbocycles. The van der Waals surface area contributed by atoms with Gasteiger partial charge in [0.15, 0.2) is 5.82 Å². The first-order valence-electron chi connectivity index (χ1n) is 9.40. The molecule has 0 amide bonds. The normalized spacial score (nSPS) is 16.5. The highest BCUT2D eigenvalue weighted by Gasteiger charge is 2.37. The smallest absolute Gasteiger partial charge is 0.356 e. The number of aromatic amines is 1. The fourth-order valence-corrected chi connectivity index (χ4v) is 4.22. The van der Waals surface area contributed by atoms with Crippen LogP contribution in [0.4, 0.5) is 23.5 Å². The predicted octanol–water partition coefficient (Wildman–Crippen LogP) is 5.32. The lowest BCUT2D eigenvalue weighted by Gasteiger charge is -2.36. The van der Waals surface area contributed by atoms with Crippen molar-refractivity contribution in [2.75, 3.05) is 11.4 Å². The number of hydrogen-bond acceptors (Lipinski definition) is 4. The highest BCUT2D eigenvalue weighted by Crippen LogP contribution is 2.41. The number of hydrogen-bond donors (Lipinski definition) is 1. The number of nitrogens with one attached hydrogen (secondary N) is 1. The Morgan fingerprint density at radius 1 is 1.13 bits per heavy atom. The number of nitrogens with zero attached hydrogens (tertiary/aromatic N) is 4. The second kappa shape index (κ2) is 7.19. The lowest BCUT2D eigenvalue weighted by Crippen LogP contribution is -2.37. The molecule has 5 rings (SSSR count). The maximum Gasteiger partial charge on any atom is 0.433 e. The van der Waals surface area contributed by atoms with Gasteiger partial charge >= 0.3 is 6.18 Å². The van der Waals surface area contributed by atoms with Crippen LogP contribution in [0.25, 0.3) is 10.9 Å². The van der Waals surface area contributed by atoms with Crippen LogP contribution in [0.15, 0.2) is 48.9 Å². The highest BCUT2D eigenvalue weighted by atomic mass is 35.5. The standard InChI is InChI=1S/C21H14ClF4N5/c22-13-3-4-14-16(17(13)23)12-6-9-31(20-28-8-5-15(30-20)21(24,25)26)19(18(12)29-14)11-2-1-7-27-10-11/h1-5,7-8,10,19,29H,6,9H2. The van der Waals surface area contributed by atoms with Gasteiger partial charge in [0.05, 0.1) is 11.1 Å². The van der Waals surface area contributed by atoms with E-state index in [9.17, 15) is 17.6 Å². The van der Waals surface area contributed by atoms with Crippen molar-refractivity contribution < 1.29 is 17.6 Å². The lowest BCUT2D eigenvalue weighted by atomic mass is 9.93. The van der Waals surface area contributed by atoms with Crippen molar-refractivity contribution >= 4 is 28.5 Å². The van der Waals surface area contributed by atoms with E-state index in [1.54, 1.807) is 29.4 Å². The van der Waals surface area contributed by atoms with E-state index in [1.807, 2.05) is 6.07 Å². The summed E-state index contributed by atoms with van der Waals surface area (Å²) in [6.45, 7) is 0.285. The van der Waals surface area contributed by atoms with Crippen LogP contribution >= 0.6 is 11.6 Å². The van der Waals surface area contributed by atoms with E-state index in [-0.39, 0.29) is 17.5 Å². The molecule has 0 radical (unpaired) electrons. The number of H-pyrrole nitrogens is 1. The number of alkyl halides is 3. The van der Waals surface area contributed by atoms with Gasteiger partial charge in [-0.05, 0) is 41.8 Å². The Morgan fingerprint density at radius 3 is 2.71 bits per heavy atom. The molecule has 10 heteroatoms. The van der Waals surface area contributed by atoms with E-state index < -0.39 is 23.7 Å². The van der Waals surface area contributed by atoms with Crippen LogP contribution in [0.5, 0.6) is 0 Å². The molecule has 1 aliphatic heterocycles. The molecule has 4 aromatic rings. The summed E-state index contributed by atoms with van der Waals surface area (Å²) in [5.41, 5.74) is 1.63. The van der Waals surface area contributed by atoms with Crippen molar-refractivity contribution in [2.24, 2.45) is 0 Å². The largest absolute Gasteiger partial charge is 0.433 e. The third kappa shape index (κ3) is 3.29. The van der Waals surface area contributed by atoms with Crippen molar-refractivity contribution in [1.29, 1.82) is 0 Å². The van der Waals surface area contributed by atoms with Gasteiger partial charge < -0.3 is 9.88 Å². The molecule has 0 fully saturated rings. The van der Waals surface area contributed by atoms with Crippen LogP contribution < -0.4 is 4.90 Å². The summed E-state index contributed by atoms with van der Waals surface area (Å²) in [6, 6.07) is 6.94. The summed E-state index contributed by atoms with van der Waals surface area (Å²) < 4.78 is 54.5. The van der Waals surface area contributed by atoms with E-state index in [0.717, 1.165) is 17.8 Å². The lowest BCUT2D eigenvalue weighted by molar-refractivity contribution is -0.141. The number of rotatable bonds is 2. The molecule has 1 aliphatic rings. The van der Waals surface area contributed by atoms with Gasteiger partial charge in [0, 0.05) is 41.7 Å². The monoisotopic (exact) mass is 447 g/mol. The second-order valence-corrected chi connectivity index (χ2v) is 7.58. The summed E-state index contributed by atoms with van der Waals surface area (Å²) in [7, 11) is 0. The summed E-state index contributed by atoms with van der Waals surface area (Å²) in [5.74, 6) is -0.586. The Bertz CT molecular complexity index is 1270. The van der Waals surface area contributed by atoms with Crippen molar-refractivity contribution in [1.82, 2.24) is 19.9 Å². The van der Waals surface area contributed by atoms with Gasteiger partial charge in [-0.3, -0.25) is 4.98 Å². The van der Waals surface area contributed by atoms with E-state index in [0.29, 0.717) is 28.6 Å². The molecule has 4 heterocycles. The van der Waals surface area contributed by atoms with Gasteiger partial charge in [-0.15, -0.1) is 0 Å². The van der Waals surface area contributed by atoms with Gasteiger partial charge in [-0.25, -0.2) is 14.4 Å². The number of halogens is 5. The molecular weight excluding hydrogens is 434 g/mol. The molecule has 3 aromatic heterocycles. The number of benzene rings is 1. The van der Waals surface area contributed by atoms with Crippen LogP contribution in [0, 0.1) is 5.82 Å². The Morgan fingerprint density at radius 2 is 1.97 bits per heavy atom. The second-order valence-electron chi connectivity index (χ2n) is 7.17. The Balaban J connectivity index is 1.71. The van der Waals surface area contributed by atoms with E-state index >= 15 is 0 Å². The fraction of sp³-hybridized carbons (Fsp3) is 0.190. The van der Waals surface area contributed by atoms with Gasteiger partial charge in [-0.2, -0.15) is 13.2 Å². The van der Waals surface area contributed by atoms with E-state index in [1.165, 1.54) is 6.07 Å². The minimum absolute atomic E-state index is 0.0101. The average Bonchev–Trinajstić information content (AvgIpc) is 3.15. The third-order valence-corrected chi connectivity index (χ3v) is 5.66. The molecule has 0 spiro atoms. The SMILES string of the molecule is Fc1c(Cl)ccc2[nH]c3c(c12)CCN(c1nccc(C(F)(F)F)n1)C3c1cccnc1. The molecule has 1 unspecified atom stereocenters. The molecule has 31 heavy (non-hydrogen) atoms. The first-order valence-corrected chi connectivity index (χ1v) is 9.77. The Hall–Kier alpha value is -3.20. The minimum Gasteiger partial charge on any atom is -0.356 e. The van der Waals surface area contributed by atoms with Crippen LogP contribution in [0.1, 0.15) is 28.6 Å². The predicted molar refractivity (Wildman–Crippen MR) is 107 cm³/mol. The van der Waals surface area contributed by atoms with Gasteiger partial charge in [-0.1, -0.05) is 17.7 Å². The van der Waals surface area contributed by atoms with E-state index in [2.05, 4.69) is 19.9 Å². The average molecular weight is 448 g/mol. The number of aromatic nitrogens is 4. The van der Waals surface area contributed by atoms with E-state index in [4.69, 9.17) is 11.6 Å². The first kappa shape index (κ1) is 19.7. The van der Waals surface area contributed by atoms with Gasteiger partial charge in [0.25, 0.3) is 0 Å². The number of fused-ring (bicyclic) bond motifs is 3. The third-order valence-electron chi connectivity index (χ3n) is 5.37. The first-order chi connectivity index (χ1) is 14.8. The van der Waals surface area contributed by atoms with Crippen LogP contribution in [-0.4, -0.2) is 26.5 Å². The summed E-state index contributed by atoms with van der Waals surface area (Å²) in [4.78, 5) is 16.9. The molecule has 1 atom stereocenters. The number of anilines is 1. The topological polar surface area (TPSA) is 57.7 Å². The van der Waals surface area contributed by atoms with Gasteiger partial charge in [0.1, 0.15) is 5.69 Å². The Labute approximate surface area is 178 Å².